The highest BCUT2D eigenvalue weighted by Gasteiger charge is 2.34. The molecular formula is C11H12BrNO4S. The fourth-order valence-corrected chi connectivity index (χ4v) is 4.01. The van der Waals surface area contributed by atoms with Crippen LogP contribution in [0.15, 0.2) is 27.6 Å². The van der Waals surface area contributed by atoms with Crippen molar-refractivity contribution in [3.05, 3.63) is 22.7 Å². The lowest BCUT2D eigenvalue weighted by molar-refractivity contribution is -0.123. The second-order valence-corrected chi connectivity index (χ2v) is 6.62. The number of carbonyl (C=O) groups is 1. The Balaban J connectivity index is 2.53. The zero-order valence-corrected chi connectivity index (χ0v) is 12.1. The van der Waals surface area contributed by atoms with Crippen LogP contribution in [-0.2, 0) is 14.8 Å². The van der Waals surface area contributed by atoms with Gasteiger partial charge in [0.1, 0.15) is 10.6 Å². The van der Waals surface area contributed by atoms with E-state index in [1.165, 1.54) is 13.2 Å². The summed E-state index contributed by atoms with van der Waals surface area (Å²) in [5.41, 5.74) is 0. The Morgan fingerprint density at radius 2 is 2.11 bits per heavy atom. The minimum Gasteiger partial charge on any atom is -0.495 e. The van der Waals surface area contributed by atoms with E-state index >= 15 is 0 Å². The lowest BCUT2D eigenvalue weighted by Gasteiger charge is -2.18. The Kier molecular flexibility index (Phi) is 3.63. The van der Waals surface area contributed by atoms with E-state index in [4.69, 9.17) is 4.74 Å². The average Bonchev–Trinajstić information content (AvgIpc) is 2.76. The van der Waals surface area contributed by atoms with Crippen molar-refractivity contribution in [1.29, 1.82) is 0 Å². The Hall–Kier alpha value is -1.08. The molecule has 2 rings (SSSR count). The summed E-state index contributed by atoms with van der Waals surface area (Å²) in [4.78, 5) is 11.6. The fraction of sp³-hybridized carbons (Fsp3) is 0.364. The molecule has 0 spiro atoms. The third kappa shape index (κ3) is 2.24. The number of benzene rings is 1. The van der Waals surface area contributed by atoms with Crippen molar-refractivity contribution in [2.75, 3.05) is 13.7 Å². The van der Waals surface area contributed by atoms with Crippen molar-refractivity contribution >= 4 is 31.9 Å². The number of halogens is 1. The Morgan fingerprint density at radius 1 is 1.39 bits per heavy atom. The molecular weight excluding hydrogens is 322 g/mol. The Labute approximate surface area is 114 Å². The predicted molar refractivity (Wildman–Crippen MR) is 68.8 cm³/mol. The molecule has 0 bridgehead atoms. The van der Waals surface area contributed by atoms with Crippen LogP contribution in [-0.4, -0.2) is 32.3 Å². The summed E-state index contributed by atoms with van der Waals surface area (Å²) < 4.78 is 31.3. The van der Waals surface area contributed by atoms with Gasteiger partial charge in [-0.05, 0) is 24.6 Å². The Morgan fingerprint density at radius 3 is 2.67 bits per heavy atom. The van der Waals surface area contributed by atoms with Crippen LogP contribution in [0, 0.1) is 0 Å². The number of hydrogen-bond donors (Lipinski definition) is 0. The highest BCUT2D eigenvalue weighted by molar-refractivity contribution is 9.10. The molecule has 1 aromatic rings. The number of ether oxygens (including phenoxy) is 1. The van der Waals surface area contributed by atoms with Crippen molar-refractivity contribution in [3.63, 3.8) is 0 Å². The van der Waals surface area contributed by atoms with Crippen LogP contribution < -0.4 is 4.74 Å². The number of sulfonamides is 1. The lowest BCUT2D eigenvalue weighted by Crippen LogP contribution is -2.32. The first-order chi connectivity index (χ1) is 8.46. The second kappa shape index (κ2) is 4.89. The SMILES string of the molecule is COc1ccc(Br)cc1S(=O)(=O)N1CCCC1=O. The number of hydrogen-bond acceptors (Lipinski definition) is 4. The van der Waals surface area contributed by atoms with Gasteiger partial charge in [0.05, 0.1) is 7.11 Å². The van der Waals surface area contributed by atoms with Gasteiger partial charge >= 0.3 is 0 Å². The van der Waals surface area contributed by atoms with Crippen molar-refractivity contribution < 1.29 is 17.9 Å². The quantitative estimate of drug-likeness (QED) is 0.845. The van der Waals surface area contributed by atoms with Gasteiger partial charge in [-0.25, -0.2) is 12.7 Å². The molecule has 1 saturated heterocycles. The maximum Gasteiger partial charge on any atom is 0.270 e. The van der Waals surface area contributed by atoms with Gasteiger partial charge in [-0.3, -0.25) is 4.79 Å². The van der Waals surface area contributed by atoms with Gasteiger partial charge in [-0.1, -0.05) is 15.9 Å². The minimum atomic E-state index is -3.82. The van der Waals surface area contributed by atoms with Crippen molar-refractivity contribution in [1.82, 2.24) is 4.31 Å². The summed E-state index contributed by atoms with van der Waals surface area (Å²) in [5.74, 6) is -0.130. The van der Waals surface area contributed by atoms with E-state index in [1.807, 2.05) is 0 Å². The van der Waals surface area contributed by atoms with Crippen LogP contribution in [0.1, 0.15) is 12.8 Å². The van der Waals surface area contributed by atoms with Gasteiger partial charge in [0, 0.05) is 17.4 Å². The van der Waals surface area contributed by atoms with Gasteiger partial charge < -0.3 is 4.74 Å². The average molecular weight is 334 g/mol. The van der Waals surface area contributed by atoms with Crippen molar-refractivity contribution in [2.45, 2.75) is 17.7 Å². The summed E-state index contributed by atoms with van der Waals surface area (Å²) >= 11 is 3.22. The van der Waals surface area contributed by atoms with E-state index < -0.39 is 10.0 Å². The van der Waals surface area contributed by atoms with Gasteiger partial charge in [0.2, 0.25) is 5.91 Å². The summed E-state index contributed by atoms with van der Waals surface area (Å²) in [6.07, 6.45) is 0.837. The first-order valence-corrected chi connectivity index (χ1v) is 7.59. The van der Waals surface area contributed by atoms with Crippen LogP contribution in [0.4, 0.5) is 0 Å². The molecule has 0 saturated carbocycles. The van der Waals surface area contributed by atoms with Crippen LogP contribution in [0.25, 0.3) is 0 Å². The zero-order valence-electron chi connectivity index (χ0n) is 9.72. The summed E-state index contributed by atoms with van der Waals surface area (Å²) in [6, 6.07) is 4.68. The first-order valence-electron chi connectivity index (χ1n) is 5.36. The van der Waals surface area contributed by atoms with Gasteiger partial charge in [-0.2, -0.15) is 0 Å². The molecule has 0 radical (unpaired) electrons. The van der Waals surface area contributed by atoms with Crippen LogP contribution >= 0.6 is 15.9 Å². The molecule has 5 nitrogen and oxygen atoms in total. The molecule has 1 fully saturated rings. The molecule has 1 aromatic carbocycles. The summed E-state index contributed by atoms with van der Waals surface area (Å²) in [6.45, 7) is 0.233. The summed E-state index contributed by atoms with van der Waals surface area (Å²) in [5, 5.41) is 0. The van der Waals surface area contributed by atoms with Crippen molar-refractivity contribution in [3.8, 4) is 5.75 Å². The number of amides is 1. The molecule has 0 unspecified atom stereocenters. The predicted octanol–water partition coefficient (Wildman–Crippen LogP) is 1.77. The van der Waals surface area contributed by atoms with Gasteiger partial charge in [-0.15, -0.1) is 0 Å². The van der Waals surface area contributed by atoms with Crippen molar-refractivity contribution in [2.24, 2.45) is 0 Å². The largest absolute Gasteiger partial charge is 0.495 e. The molecule has 1 amide bonds. The number of methoxy groups -OCH3 is 1. The molecule has 0 N–H and O–H groups in total. The zero-order chi connectivity index (χ0) is 13.3. The number of carbonyl (C=O) groups excluding carboxylic acids is 1. The molecule has 7 heteroatoms. The van der Waals surface area contributed by atoms with E-state index in [2.05, 4.69) is 15.9 Å². The second-order valence-electron chi connectivity index (χ2n) is 3.87. The third-order valence-electron chi connectivity index (χ3n) is 2.72. The van der Waals surface area contributed by atoms with E-state index in [1.54, 1.807) is 12.1 Å². The first kappa shape index (κ1) is 13.4. The normalized spacial score (nSPS) is 16.1. The van der Waals surface area contributed by atoms with E-state index in [0.717, 1.165) is 4.31 Å². The van der Waals surface area contributed by atoms with E-state index in [-0.39, 0.29) is 29.5 Å². The third-order valence-corrected chi connectivity index (χ3v) is 5.06. The van der Waals surface area contributed by atoms with Gasteiger partial charge in [0.15, 0.2) is 0 Å². The molecule has 1 aliphatic heterocycles. The molecule has 98 valence electrons. The van der Waals surface area contributed by atoms with E-state index in [0.29, 0.717) is 10.9 Å². The molecule has 0 atom stereocenters. The fourth-order valence-electron chi connectivity index (χ4n) is 1.85. The topological polar surface area (TPSA) is 63.7 Å². The summed E-state index contributed by atoms with van der Waals surface area (Å²) in [7, 11) is -2.43. The van der Waals surface area contributed by atoms with Gasteiger partial charge in [0.25, 0.3) is 10.0 Å². The molecule has 1 aliphatic rings. The molecule has 0 aliphatic carbocycles. The highest BCUT2D eigenvalue weighted by Crippen LogP contribution is 2.31. The maximum absolute atomic E-state index is 12.4. The van der Waals surface area contributed by atoms with Crippen LogP contribution in [0.5, 0.6) is 5.75 Å². The van der Waals surface area contributed by atoms with E-state index in [9.17, 15) is 13.2 Å². The monoisotopic (exact) mass is 333 g/mol. The lowest BCUT2D eigenvalue weighted by atomic mass is 10.3. The Bertz CT molecular complexity index is 585. The molecule has 18 heavy (non-hydrogen) atoms. The highest BCUT2D eigenvalue weighted by atomic mass is 79.9. The number of rotatable bonds is 3. The van der Waals surface area contributed by atoms with Crippen LogP contribution in [0.3, 0.4) is 0 Å². The smallest absolute Gasteiger partial charge is 0.270 e. The molecule has 0 aromatic heterocycles. The molecule has 1 heterocycles. The number of nitrogens with zero attached hydrogens (tertiary/aromatic N) is 1. The maximum atomic E-state index is 12.4. The van der Waals surface area contributed by atoms with Crippen LogP contribution in [0.2, 0.25) is 0 Å². The standard InChI is InChI=1S/C11H12BrNO4S/c1-17-9-5-4-8(12)7-10(9)18(15,16)13-6-2-3-11(13)14/h4-5,7H,2-3,6H2,1H3. The minimum absolute atomic E-state index is 0.00891.